The molecule has 4 heteroatoms. The molecule has 4 nitrogen and oxygen atoms in total. The summed E-state index contributed by atoms with van der Waals surface area (Å²) in [5.41, 5.74) is 0. The highest BCUT2D eigenvalue weighted by Gasteiger charge is 2.44. The molecular weight excluding hydrogens is 386 g/mol. The van der Waals surface area contributed by atoms with Crippen LogP contribution >= 0.6 is 0 Å². The minimum absolute atomic E-state index is 0.119. The fourth-order valence-electron chi connectivity index (χ4n) is 5.32. The molecule has 6 unspecified atom stereocenters. The zero-order valence-electron chi connectivity index (χ0n) is 21.3. The van der Waals surface area contributed by atoms with E-state index in [9.17, 15) is 9.90 Å². The summed E-state index contributed by atoms with van der Waals surface area (Å²) in [6, 6.07) is 0. The van der Waals surface area contributed by atoms with E-state index in [-0.39, 0.29) is 12.6 Å². The van der Waals surface area contributed by atoms with Gasteiger partial charge in [-0.15, -0.1) is 0 Å². The lowest BCUT2D eigenvalue weighted by molar-refractivity contribution is -0.873. The van der Waals surface area contributed by atoms with Crippen molar-refractivity contribution in [2.24, 2.45) is 29.6 Å². The zero-order valence-corrected chi connectivity index (χ0v) is 21.3. The number of ether oxygens (including phenoxy) is 1. The first-order chi connectivity index (χ1) is 14.7. The molecule has 2 fully saturated rings. The number of carbonyl (C=O) groups excluding carboxylic acids is 1. The topological polar surface area (TPSA) is 46.5 Å². The molecule has 0 aromatic carbocycles. The fraction of sp³-hybridized carbons (Fsp3) is 0.963. The summed E-state index contributed by atoms with van der Waals surface area (Å²) in [7, 11) is 6.06. The molecule has 0 radical (unpaired) electrons. The Kier molecular flexibility index (Phi) is 11.3. The molecule has 0 bridgehead atoms. The van der Waals surface area contributed by atoms with Gasteiger partial charge in [0.2, 0.25) is 0 Å². The van der Waals surface area contributed by atoms with Gasteiger partial charge in [-0.1, -0.05) is 58.8 Å². The summed E-state index contributed by atoms with van der Waals surface area (Å²) in [6.45, 7) is 5.50. The number of nitrogens with zero attached hydrogens (tertiary/aromatic N) is 1. The lowest BCUT2D eigenvalue weighted by Gasteiger charge is -2.26. The molecule has 31 heavy (non-hydrogen) atoms. The Morgan fingerprint density at radius 3 is 2.29 bits per heavy atom. The number of unbranched alkanes of at least 4 members (excludes halogenated alkanes) is 4. The first-order valence-corrected chi connectivity index (χ1v) is 13.3. The number of likely N-dealkylation sites (N-methyl/N-ethyl adjacent to an activating group) is 1. The first kappa shape index (κ1) is 26.6. The predicted molar refractivity (Wildman–Crippen MR) is 129 cm³/mol. The molecule has 6 atom stereocenters. The molecule has 2 aliphatic rings. The summed E-state index contributed by atoms with van der Waals surface area (Å²) in [5, 5.41) is 9.89. The summed E-state index contributed by atoms with van der Waals surface area (Å²) in [6.07, 6.45) is 16.0. The number of hydrogen-bond acceptors (Lipinski definition) is 3. The highest BCUT2D eigenvalue weighted by atomic mass is 16.5. The second-order valence-electron chi connectivity index (χ2n) is 12.0. The molecule has 0 aliphatic heterocycles. The van der Waals surface area contributed by atoms with Crippen molar-refractivity contribution in [1.82, 2.24) is 0 Å². The van der Waals surface area contributed by atoms with Crippen molar-refractivity contribution in [2.75, 3.05) is 34.3 Å². The summed E-state index contributed by atoms with van der Waals surface area (Å²) in [5.74, 6) is 5.03. The zero-order chi connectivity index (χ0) is 22.9. The number of esters is 1. The second kappa shape index (κ2) is 13.2. The Morgan fingerprint density at radius 1 is 0.968 bits per heavy atom. The van der Waals surface area contributed by atoms with Crippen molar-refractivity contribution >= 4 is 5.97 Å². The number of hydrogen-bond donors (Lipinski definition) is 1. The summed E-state index contributed by atoms with van der Waals surface area (Å²) in [4.78, 5) is 11.8. The molecule has 2 rings (SSSR count). The maximum Gasteiger partial charge on any atom is 0.305 e. The van der Waals surface area contributed by atoms with Gasteiger partial charge in [-0.3, -0.25) is 4.79 Å². The average Bonchev–Trinajstić information content (AvgIpc) is 3.60. The molecule has 2 saturated carbocycles. The second-order valence-corrected chi connectivity index (χ2v) is 12.0. The highest BCUT2D eigenvalue weighted by Crippen LogP contribution is 2.54. The maximum atomic E-state index is 11.8. The van der Waals surface area contributed by atoms with Crippen LogP contribution in [0.25, 0.3) is 0 Å². The fourth-order valence-corrected chi connectivity index (χ4v) is 5.32. The van der Waals surface area contributed by atoms with Gasteiger partial charge in [0.25, 0.3) is 0 Å². The van der Waals surface area contributed by atoms with E-state index in [1.807, 2.05) is 21.1 Å². The van der Waals surface area contributed by atoms with E-state index < -0.39 is 6.10 Å². The van der Waals surface area contributed by atoms with Gasteiger partial charge in [-0.2, -0.15) is 0 Å². The van der Waals surface area contributed by atoms with Crippen molar-refractivity contribution in [1.29, 1.82) is 0 Å². The van der Waals surface area contributed by atoms with Crippen LogP contribution in [-0.4, -0.2) is 56.0 Å². The van der Waals surface area contributed by atoms with Crippen LogP contribution in [0.1, 0.15) is 97.3 Å². The van der Waals surface area contributed by atoms with Gasteiger partial charge >= 0.3 is 5.97 Å². The molecule has 0 spiro atoms. The summed E-state index contributed by atoms with van der Waals surface area (Å²) < 4.78 is 5.87. The van der Waals surface area contributed by atoms with Gasteiger partial charge in [-0.25, -0.2) is 0 Å². The van der Waals surface area contributed by atoms with Crippen LogP contribution in [0.4, 0.5) is 0 Å². The smallest absolute Gasteiger partial charge is 0.305 e. The minimum Gasteiger partial charge on any atom is -0.463 e. The number of aliphatic hydroxyl groups is 1. The molecule has 0 aromatic rings. The number of aliphatic hydroxyl groups excluding tert-OH is 1. The highest BCUT2D eigenvalue weighted by molar-refractivity contribution is 5.69. The number of carbonyl (C=O) groups is 1. The largest absolute Gasteiger partial charge is 0.463 e. The third kappa shape index (κ3) is 12.3. The Labute approximate surface area is 192 Å². The van der Waals surface area contributed by atoms with Crippen LogP contribution in [0.15, 0.2) is 0 Å². The van der Waals surface area contributed by atoms with Gasteiger partial charge < -0.3 is 14.3 Å². The van der Waals surface area contributed by atoms with E-state index in [0.717, 1.165) is 42.4 Å². The van der Waals surface area contributed by atoms with Crippen molar-refractivity contribution in [3.63, 3.8) is 0 Å². The Morgan fingerprint density at radius 2 is 1.61 bits per heavy atom. The van der Waals surface area contributed by atoms with Crippen LogP contribution in [0.2, 0.25) is 0 Å². The van der Waals surface area contributed by atoms with Gasteiger partial charge in [0.15, 0.2) is 0 Å². The van der Waals surface area contributed by atoms with Gasteiger partial charge in [-0.05, 0) is 61.7 Å². The van der Waals surface area contributed by atoms with Crippen LogP contribution < -0.4 is 0 Å². The van der Waals surface area contributed by atoms with Crippen molar-refractivity contribution < 1.29 is 19.1 Å². The van der Waals surface area contributed by atoms with E-state index in [0.29, 0.717) is 17.4 Å². The van der Waals surface area contributed by atoms with E-state index >= 15 is 0 Å². The average molecular weight is 439 g/mol. The lowest BCUT2D eigenvalue weighted by atomic mass is 9.95. The Balaban J connectivity index is 1.35. The minimum atomic E-state index is -0.580. The molecule has 2 aliphatic carbocycles. The van der Waals surface area contributed by atoms with Crippen molar-refractivity contribution in [3.8, 4) is 0 Å². The molecule has 0 saturated heterocycles. The number of rotatable bonds is 18. The SMILES string of the molecule is CCC1CC1CC1CC1CCC(C)CCCCCCCC(=O)OCC(O)C[N+](C)(C)C. The predicted octanol–water partition coefficient (Wildman–Crippen LogP) is 5.82. The lowest BCUT2D eigenvalue weighted by Crippen LogP contribution is -2.43. The van der Waals surface area contributed by atoms with Gasteiger partial charge in [0, 0.05) is 6.42 Å². The van der Waals surface area contributed by atoms with E-state index in [4.69, 9.17) is 4.74 Å². The normalized spacial score (nSPS) is 27.0. The van der Waals surface area contributed by atoms with E-state index in [1.54, 1.807) is 6.42 Å². The third-order valence-corrected chi connectivity index (χ3v) is 7.57. The van der Waals surface area contributed by atoms with E-state index in [1.165, 1.54) is 57.8 Å². The Bertz CT molecular complexity index is 515. The molecule has 1 N–H and O–H groups in total. The van der Waals surface area contributed by atoms with Crippen LogP contribution in [0, 0.1) is 29.6 Å². The molecule has 0 amide bonds. The van der Waals surface area contributed by atoms with Crippen molar-refractivity contribution in [3.05, 3.63) is 0 Å². The quantitative estimate of drug-likeness (QED) is 0.167. The van der Waals surface area contributed by atoms with E-state index in [2.05, 4.69) is 13.8 Å². The molecular formula is C27H52NO3+. The molecule has 182 valence electrons. The van der Waals surface area contributed by atoms with Crippen LogP contribution in [0.5, 0.6) is 0 Å². The standard InChI is InChI=1S/C27H52NO3/c1-6-22-16-24(22)18-25-17-23(25)15-14-21(2)12-10-8-7-9-11-13-27(30)31-20-26(29)19-28(3,4)5/h21-26,29H,6-20H2,1-5H3/q+1. The van der Waals surface area contributed by atoms with Crippen LogP contribution in [0.3, 0.4) is 0 Å². The number of quaternary nitrogens is 1. The van der Waals surface area contributed by atoms with Gasteiger partial charge in [0.1, 0.15) is 19.3 Å². The van der Waals surface area contributed by atoms with Crippen LogP contribution in [-0.2, 0) is 9.53 Å². The Hall–Kier alpha value is -0.610. The maximum absolute atomic E-state index is 11.8. The molecule has 0 aromatic heterocycles. The monoisotopic (exact) mass is 438 g/mol. The molecule has 0 heterocycles. The summed E-state index contributed by atoms with van der Waals surface area (Å²) >= 11 is 0. The third-order valence-electron chi connectivity index (χ3n) is 7.57. The first-order valence-electron chi connectivity index (χ1n) is 13.3. The van der Waals surface area contributed by atoms with Crippen molar-refractivity contribution in [2.45, 2.75) is 103 Å². The van der Waals surface area contributed by atoms with Gasteiger partial charge in [0.05, 0.1) is 21.1 Å².